The van der Waals surface area contributed by atoms with E-state index in [1.54, 1.807) is 18.4 Å². The number of benzene rings is 1. The van der Waals surface area contributed by atoms with Gasteiger partial charge in [-0.3, -0.25) is 0 Å². The monoisotopic (exact) mass is 202 g/mol. The summed E-state index contributed by atoms with van der Waals surface area (Å²) in [6.45, 7) is 2.10. The van der Waals surface area contributed by atoms with E-state index in [0.29, 0.717) is 5.76 Å². The number of aliphatic hydroxyl groups is 1. The average molecular weight is 202 g/mol. The lowest BCUT2D eigenvalue weighted by Gasteiger charge is -2.09. The minimum atomic E-state index is -0.661. The Morgan fingerprint density at radius 1 is 1.27 bits per heavy atom. The van der Waals surface area contributed by atoms with Gasteiger partial charge in [0.2, 0.25) is 0 Å². The van der Waals surface area contributed by atoms with Crippen molar-refractivity contribution in [2.75, 3.05) is 0 Å². The predicted octanol–water partition coefficient (Wildman–Crippen LogP) is 2.92. The highest BCUT2D eigenvalue weighted by molar-refractivity contribution is 5.29. The van der Waals surface area contributed by atoms with E-state index in [2.05, 4.69) is 13.0 Å². The molecule has 1 atom stereocenters. The normalized spacial score (nSPS) is 12.7. The maximum Gasteiger partial charge on any atom is 0.137 e. The van der Waals surface area contributed by atoms with Crippen LogP contribution in [0, 0.1) is 0 Å². The van der Waals surface area contributed by atoms with Gasteiger partial charge in [0.05, 0.1) is 6.26 Å². The van der Waals surface area contributed by atoms with Gasteiger partial charge in [-0.25, -0.2) is 0 Å². The lowest BCUT2D eigenvalue weighted by Crippen LogP contribution is -1.98. The van der Waals surface area contributed by atoms with Crippen molar-refractivity contribution in [3.8, 4) is 0 Å². The Bertz CT molecular complexity index is 418. The summed E-state index contributed by atoms with van der Waals surface area (Å²) in [5.41, 5.74) is 2.10. The van der Waals surface area contributed by atoms with Crippen LogP contribution in [0.4, 0.5) is 0 Å². The standard InChI is InChI=1S/C13H14O2/c1-2-10-5-3-6-11(9-10)13(14)12-7-4-8-15-12/h3-9,13-14H,2H2,1H3. The Balaban J connectivity index is 2.29. The first-order valence-electron chi connectivity index (χ1n) is 5.11. The molecule has 2 heteroatoms. The summed E-state index contributed by atoms with van der Waals surface area (Å²) < 4.78 is 5.17. The van der Waals surface area contributed by atoms with Gasteiger partial charge in [-0.1, -0.05) is 31.2 Å². The van der Waals surface area contributed by atoms with Crippen LogP contribution in [0.2, 0.25) is 0 Å². The lowest BCUT2D eigenvalue weighted by molar-refractivity contribution is 0.189. The number of hydrogen-bond donors (Lipinski definition) is 1. The fraction of sp³-hybridized carbons (Fsp3) is 0.231. The van der Waals surface area contributed by atoms with Crippen LogP contribution in [0.5, 0.6) is 0 Å². The summed E-state index contributed by atoms with van der Waals surface area (Å²) in [7, 11) is 0. The van der Waals surface area contributed by atoms with Crippen LogP contribution in [0.3, 0.4) is 0 Å². The number of aryl methyl sites for hydroxylation is 1. The van der Waals surface area contributed by atoms with Crippen molar-refractivity contribution < 1.29 is 9.52 Å². The number of aliphatic hydroxyl groups excluding tert-OH is 1. The summed E-state index contributed by atoms with van der Waals surface area (Å²) in [5.74, 6) is 0.586. The van der Waals surface area contributed by atoms with Gasteiger partial charge in [-0.15, -0.1) is 0 Å². The molecule has 0 saturated heterocycles. The fourth-order valence-corrected chi connectivity index (χ4v) is 1.59. The SMILES string of the molecule is CCc1cccc(C(O)c2ccco2)c1. The molecule has 15 heavy (non-hydrogen) atoms. The Labute approximate surface area is 89.2 Å². The molecule has 0 aliphatic rings. The van der Waals surface area contributed by atoms with Crippen molar-refractivity contribution in [1.82, 2.24) is 0 Å². The van der Waals surface area contributed by atoms with E-state index in [0.717, 1.165) is 12.0 Å². The van der Waals surface area contributed by atoms with Gasteiger partial charge >= 0.3 is 0 Å². The summed E-state index contributed by atoms with van der Waals surface area (Å²) in [4.78, 5) is 0. The Morgan fingerprint density at radius 2 is 2.13 bits per heavy atom. The van der Waals surface area contributed by atoms with Gasteiger partial charge in [-0.2, -0.15) is 0 Å². The molecule has 0 bridgehead atoms. The molecule has 1 aromatic heterocycles. The minimum Gasteiger partial charge on any atom is -0.466 e. The van der Waals surface area contributed by atoms with Gasteiger partial charge in [0.25, 0.3) is 0 Å². The molecule has 0 amide bonds. The van der Waals surface area contributed by atoms with E-state index in [9.17, 15) is 5.11 Å². The van der Waals surface area contributed by atoms with Gasteiger partial charge in [0, 0.05) is 0 Å². The van der Waals surface area contributed by atoms with E-state index in [-0.39, 0.29) is 0 Å². The highest BCUT2D eigenvalue weighted by Gasteiger charge is 2.12. The van der Waals surface area contributed by atoms with Crippen molar-refractivity contribution >= 4 is 0 Å². The summed E-state index contributed by atoms with van der Waals surface area (Å²) in [5, 5.41) is 10.0. The largest absolute Gasteiger partial charge is 0.466 e. The fourth-order valence-electron chi connectivity index (χ4n) is 1.59. The van der Waals surface area contributed by atoms with E-state index < -0.39 is 6.10 Å². The van der Waals surface area contributed by atoms with E-state index >= 15 is 0 Å². The Morgan fingerprint density at radius 3 is 2.80 bits per heavy atom. The molecule has 0 saturated carbocycles. The minimum absolute atomic E-state index is 0.586. The Hall–Kier alpha value is -1.54. The summed E-state index contributed by atoms with van der Waals surface area (Å²) in [6.07, 6.45) is 1.88. The molecule has 1 heterocycles. The Kier molecular flexibility index (Phi) is 2.88. The smallest absolute Gasteiger partial charge is 0.137 e. The first-order chi connectivity index (χ1) is 7.31. The zero-order chi connectivity index (χ0) is 10.7. The van der Waals surface area contributed by atoms with E-state index in [1.807, 2.05) is 18.2 Å². The zero-order valence-corrected chi connectivity index (χ0v) is 8.68. The maximum atomic E-state index is 10.0. The van der Waals surface area contributed by atoms with Gasteiger partial charge in [0.1, 0.15) is 11.9 Å². The quantitative estimate of drug-likeness (QED) is 0.830. The van der Waals surface area contributed by atoms with Crippen LogP contribution in [0.1, 0.15) is 29.9 Å². The van der Waals surface area contributed by atoms with Crippen LogP contribution in [-0.2, 0) is 6.42 Å². The zero-order valence-electron chi connectivity index (χ0n) is 8.68. The summed E-state index contributed by atoms with van der Waals surface area (Å²) >= 11 is 0. The van der Waals surface area contributed by atoms with Crippen LogP contribution < -0.4 is 0 Å². The van der Waals surface area contributed by atoms with Gasteiger partial charge < -0.3 is 9.52 Å². The number of furan rings is 1. The van der Waals surface area contributed by atoms with Crippen LogP contribution >= 0.6 is 0 Å². The molecule has 1 aromatic carbocycles. The molecule has 0 spiro atoms. The molecule has 2 rings (SSSR count). The molecule has 78 valence electrons. The predicted molar refractivity (Wildman–Crippen MR) is 58.6 cm³/mol. The highest BCUT2D eigenvalue weighted by atomic mass is 16.4. The molecule has 0 aliphatic carbocycles. The van der Waals surface area contributed by atoms with Crippen molar-refractivity contribution in [3.05, 3.63) is 59.5 Å². The van der Waals surface area contributed by atoms with Crippen molar-refractivity contribution in [2.45, 2.75) is 19.4 Å². The molecular formula is C13H14O2. The van der Waals surface area contributed by atoms with Crippen LogP contribution in [0.25, 0.3) is 0 Å². The maximum absolute atomic E-state index is 10.0. The van der Waals surface area contributed by atoms with E-state index in [1.165, 1.54) is 5.56 Å². The molecule has 1 unspecified atom stereocenters. The topological polar surface area (TPSA) is 33.4 Å². The van der Waals surface area contributed by atoms with Gasteiger partial charge in [0.15, 0.2) is 0 Å². The first kappa shape index (κ1) is 9.99. The molecule has 0 aliphatic heterocycles. The second-order valence-corrected chi connectivity index (χ2v) is 3.52. The van der Waals surface area contributed by atoms with Crippen molar-refractivity contribution in [3.63, 3.8) is 0 Å². The van der Waals surface area contributed by atoms with Crippen LogP contribution in [-0.4, -0.2) is 5.11 Å². The molecule has 0 radical (unpaired) electrons. The average Bonchev–Trinajstić information content (AvgIpc) is 2.81. The first-order valence-corrected chi connectivity index (χ1v) is 5.11. The molecule has 0 fully saturated rings. The molecule has 2 nitrogen and oxygen atoms in total. The third-order valence-electron chi connectivity index (χ3n) is 2.49. The molecule has 2 aromatic rings. The van der Waals surface area contributed by atoms with E-state index in [4.69, 9.17) is 4.42 Å². The highest BCUT2D eigenvalue weighted by Crippen LogP contribution is 2.22. The third-order valence-corrected chi connectivity index (χ3v) is 2.49. The van der Waals surface area contributed by atoms with Gasteiger partial charge in [-0.05, 0) is 29.7 Å². The second-order valence-electron chi connectivity index (χ2n) is 3.52. The second kappa shape index (κ2) is 4.32. The van der Waals surface area contributed by atoms with Crippen LogP contribution in [0.15, 0.2) is 47.1 Å². The molecular weight excluding hydrogens is 188 g/mol. The van der Waals surface area contributed by atoms with Crippen molar-refractivity contribution in [1.29, 1.82) is 0 Å². The van der Waals surface area contributed by atoms with Crippen molar-refractivity contribution in [2.24, 2.45) is 0 Å². The number of rotatable bonds is 3. The molecule has 1 N–H and O–H groups in total. The summed E-state index contributed by atoms with van der Waals surface area (Å²) in [6, 6.07) is 11.5. The number of hydrogen-bond acceptors (Lipinski definition) is 2. The third kappa shape index (κ3) is 2.10. The lowest BCUT2D eigenvalue weighted by atomic mass is 10.0.